The van der Waals surface area contributed by atoms with Crippen molar-refractivity contribution in [2.75, 3.05) is 19.1 Å². The molecular weight excluding hydrogens is 746 g/mol. The van der Waals surface area contributed by atoms with Crippen molar-refractivity contribution in [2.24, 2.45) is 7.05 Å². The zero-order chi connectivity index (χ0) is 38.4. The maximum absolute atomic E-state index is 14.4. The van der Waals surface area contributed by atoms with Crippen molar-refractivity contribution in [1.29, 1.82) is 0 Å². The average Bonchev–Trinajstić information content (AvgIpc) is 3.49. The number of amides is 2. The number of anilines is 1. The number of carbonyl (C=O) groups is 2. The van der Waals surface area contributed by atoms with Crippen molar-refractivity contribution in [3.63, 3.8) is 0 Å². The third kappa shape index (κ3) is 4.77. The van der Waals surface area contributed by atoms with E-state index in [0.717, 1.165) is 21.6 Å². The zero-order valence-electron chi connectivity index (χ0n) is 29.0. The third-order valence-corrected chi connectivity index (χ3v) is 12.1. The Bertz CT molecular complexity index is 2650. The number of carbonyl (C=O) groups excluding carboxylic acids is 2. The van der Waals surface area contributed by atoms with Crippen LogP contribution in [0.2, 0.25) is 0 Å². The maximum atomic E-state index is 14.4. The first-order valence-electron chi connectivity index (χ1n) is 16.8. The predicted molar refractivity (Wildman–Crippen MR) is 195 cm³/mol. The number of aromatic hydroxyl groups is 1. The van der Waals surface area contributed by atoms with E-state index < -0.39 is 62.7 Å². The predicted octanol–water partition coefficient (Wildman–Crippen LogP) is 3.36. The highest BCUT2D eigenvalue weighted by Crippen LogP contribution is 2.64. The molecular formula is C37H31Cl2FN6O8. The van der Waals surface area contributed by atoms with Gasteiger partial charge in [-0.25, -0.2) is 37.8 Å². The second-order valence-corrected chi connectivity index (χ2v) is 14.6. The summed E-state index contributed by atoms with van der Waals surface area (Å²) in [6.45, 7) is -0.349. The first-order chi connectivity index (χ1) is 25.8. The number of aryl methyl sites for hydroxylation is 2. The van der Waals surface area contributed by atoms with Crippen molar-refractivity contribution in [3.05, 3.63) is 121 Å². The van der Waals surface area contributed by atoms with E-state index >= 15 is 0 Å². The fourth-order valence-corrected chi connectivity index (χ4v) is 8.97. The second kappa shape index (κ2) is 12.5. The summed E-state index contributed by atoms with van der Waals surface area (Å²) in [5, 5.41) is 11.1. The van der Waals surface area contributed by atoms with E-state index in [9.17, 15) is 33.5 Å². The van der Waals surface area contributed by atoms with Gasteiger partial charge in [-0.05, 0) is 35.9 Å². The van der Waals surface area contributed by atoms with Crippen LogP contribution in [-0.4, -0.2) is 64.4 Å². The zero-order valence-corrected chi connectivity index (χ0v) is 30.5. The Morgan fingerprint density at radius 1 is 0.944 bits per heavy atom. The molecule has 2 amide bonds. The van der Waals surface area contributed by atoms with Crippen LogP contribution in [0.25, 0.3) is 11.0 Å². The largest absolute Gasteiger partial charge is 0.508 e. The maximum Gasteiger partial charge on any atom is 0.347 e. The van der Waals surface area contributed by atoms with Crippen LogP contribution in [0.1, 0.15) is 29.6 Å². The molecule has 278 valence electrons. The summed E-state index contributed by atoms with van der Waals surface area (Å²) in [4.78, 5) is 71.3. The lowest BCUT2D eigenvalue weighted by molar-refractivity contribution is -0.122. The summed E-state index contributed by atoms with van der Waals surface area (Å²) < 4.78 is 29.4. The summed E-state index contributed by atoms with van der Waals surface area (Å²) >= 11 is 14.6. The van der Waals surface area contributed by atoms with Gasteiger partial charge in [0.2, 0.25) is 0 Å². The number of phenols is 1. The molecule has 2 fully saturated rings. The number of allylic oxidation sites excluding steroid dienone is 2. The van der Waals surface area contributed by atoms with Gasteiger partial charge in [0.15, 0.2) is 21.2 Å². The Balaban J connectivity index is 1.22. The van der Waals surface area contributed by atoms with Crippen LogP contribution in [0.15, 0.2) is 86.7 Å². The lowest BCUT2D eigenvalue weighted by atomic mass is 9.64. The summed E-state index contributed by atoms with van der Waals surface area (Å²) in [6.07, 6.45) is 1.16. The fourth-order valence-electron chi connectivity index (χ4n) is 8.07. The summed E-state index contributed by atoms with van der Waals surface area (Å²) in [7, 11) is 4.52. The highest BCUT2D eigenvalue weighted by Gasteiger charge is 2.76. The Hall–Kier alpha value is -5.67. The first kappa shape index (κ1) is 35.4. The van der Waals surface area contributed by atoms with Gasteiger partial charge in [-0.3, -0.25) is 14.4 Å². The van der Waals surface area contributed by atoms with Gasteiger partial charge in [0.05, 0.1) is 43.5 Å². The van der Waals surface area contributed by atoms with Gasteiger partial charge in [-0.2, -0.15) is 0 Å². The number of hydrogen-bond donors (Lipinski definition) is 1. The number of aromatic nitrogens is 5. The summed E-state index contributed by atoms with van der Waals surface area (Å²) in [6, 6.07) is 13.0. The SMILES string of the molecule is COc1cc2nc(CCn3c(=O)n4n(c3=O)C3CC5(Cl)C(=O)N(c6ccc(F)cc6)C(=O)C5(Cl)C(c5ccccc5O)C3=CC4)c(=O)n(C)c2cc1OC. The third-order valence-electron chi connectivity index (χ3n) is 10.7. The molecule has 0 spiro atoms. The van der Waals surface area contributed by atoms with E-state index in [1.54, 1.807) is 43.5 Å². The summed E-state index contributed by atoms with van der Waals surface area (Å²) in [5.41, 5.74) is -0.292. The minimum atomic E-state index is -2.22. The number of rotatable bonds is 7. The molecule has 4 unspecified atom stereocenters. The van der Waals surface area contributed by atoms with Gasteiger partial charge < -0.3 is 19.1 Å². The standard InChI is InChI=1S/C37H31Cl2FN6O8/c1-42-25-17-29(54-3)28(53-2)16-24(25)41-23(31(42)48)13-14-43-34(51)44-15-12-21-26(46(44)35(43)52)18-36(38)32(49)45(20-10-8-19(40)9-11-20)33(50)37(36,39)30(21)22-6-4-5-7-27(22)47/h4-12,16-17,26,30,47H,13-15,18H2,1-3H3. The highest BCUT2D eigenvalue weighted by atomic mass is 35.5. The minimum Gasteiger partial charge on any atom is -0.508 e. The van der Waals surface area contributed by atoms with Crippen LogP contribution in [0, 0.1) is 5.82 Å². The molecule has 3 aliphatic rings. The van der Waals surface area contributed by atoms with Crippen LogP contribution < -0.4 is 31.3 Å². The Labute approximate surface area is 314 Å². The van der Waals surface area contributed by atoms with Crippen molar-refractivity contribution in [3.8, 4) is 17.2 Å². The number of alkyl halides is 2. The Morgan fingerprint density at radius 2 is 1.63 bits per heavy atom. The molecule has 54 heavy (non-hydrogen) atoms. The number of ether oxygens (including phenoxy) is 2. The van der Waals surface area contributed by atoms with Gasteiger partial charge >= 0.3 is 11.4 Å². The fraction of sp³-hybridized carbons (Fsp3) is 0.297. The van der Waals surface area contributed by atoms with Crippen LogP contribution in [0.3, 0.4) is 0 Å². The molecule has 0 radical (unpaired) electrons. The lowest BCUT2D eigenvalue weighted by Crippen LogP contribution is -2.59. The van der Waals surface area contributed by atoms with Crippen LogP contribution in [0.5, 0.6) is 17.2 Å². The quantitative estimate of drug-likeness (QED) is 0.149. The Morgan fingerprint density at radius 3 is 2.31 bits per heavy atom. The summed E-state index contributed by atoms with van der Waals surface area (Å²) in [5.74, 6) is -3.08. The average molecular weight is 778 g/mol. The van der Waals surface area contributed by atoms with Gasteiger partial charge in [0, 0.05) is 50.0 Å². The number of halogens is 3. The molecule has 1 saturated heterocycles. The second-order valence-electron chi connectivity index (χ2n) is 13.4. The number of imide groups is 1. The van der Waals surface area contributed by atoms with Crippen molar-refractivity contribution in [1.82, 2.24) is 23.5 Å². The van der Waals surface area contributed by atoms with Crippen LogP contribution in [-0.2, 0) is 36.1 Å². The van der Waals surface area contributed by atoms with E-state index in [0.29, 0.717) is 28.1 Å². The molecule has 3 aromatic carbocycles. The van der Waals surface area contributed by atoms with E-state index in [1.165, 1.54) is 46.3 Å². The molecule has 14 nitrogen and oxygen atoms in total. The van der Waals surface area contributed by atoms with Gasteiger partial charge in [-0.15, -0.1) is 23.2 Å². The first-order valence-corrected chi connectivity index (χ1v) is 17.6. The topological polar surface area (TPSA) is 160 Å². The number of nitrogens with zero attached hydrogens (tertiary/aromatic N) is 6. The molecule has 2 aromatic heterocycles. The van der Waals surface area contributed by atoms with Gasteiger partial charge in [0.1, 0.15) is 17.3 Å². The number of benzene rings is 3. The molecule has 4 atom stereocenters. The molecule has 1 aliphatic carbocycles. The van der Waals surface area contributed by atoms with Crippen molar-refractivity contribution < 1.29 is 28.6 Å². The molecule has 1 N–H and O–H groups in total. The van der Waals surface area contributed by atoms with Crippen molar-refractivity contribution >= 4 is 51.7 Å². The van der Waals surface area contributed by atoms with Crippen LogP contribution in [0.4, 0.5) is 10.1 Å². The normalized spacial score (nSPS) is 23.2. The monoisotopic (exact) mass is 776 g/mol. The molecule has 4 heterocycles. The Kier molecular flexibility index (Phi) is 8.15. The molecule has 1 saturated carbocycles. The molecule has 2 aliphatic heterocycles. The van der Waals surface area contributed by atoms with Crippen LogP contribution >= 0.6 is 23.2 Å². The number of phenolic OH excluding ortho intramolecular Hbond substituents is 1. The number of methoxy groups -OCH3 is 2. The molecule has 17 heteroatoms. The van der Waals surface area contributed by atoms with Crippen molar-refractivity contribution in [2.45, 2.75) is 47.6 Å². The van der Waals surface area contributed by atoms with Gasteiger partial charge in [-0.1, -0.05) is 24.3 Å². The van der Waals surface area contributed by atoms with Gasteiger partial charge in [0.25, 0.3) is 17.4 Å². The smallest absolute Gasteiger partial charge is 0.347 e. The van der Waals surface area contributed by atoms with E-state index in [-0.39, 0.29) is 42.2 Å². The number of fused-ring (bicyclic) bond motifs is 5. The van der Waals surface area contributed by atoms with E-state index in [1.807, 2.05) is 0 Å². The van der Waals surface area contributed by atoms with E-state index in [2.05, 4.69) is 4.98 Å². The molecule has 8 rings (SSSR count). The lowest BCUT2D eigenvalue weighted by Gasteiger charge is -2.49. The molecule has 5 aromatic rings. The number of hydrogen-bond acceptors (Lipinski definition) is 9. The van der Waals surface area contributed by atoms with E-state index in [4.69, 9.17) is 32.7 Å². The number of para-hydroxylation sites is 1. The highest BCUT2D eigenvalue weighted by molar-refractivity contribution is 6.58. The molecule has 0 bridgehead atoms. The minimum absolute atomic E-state index is 0.0279.